The lowest BCUT2D eigenvalue weighted by Gasteiger charge is -2.16. The van der Waals surface area contributed by atoms with Crippen LogP contribution in [-0.4, -0.2) is 28.9 Å². The van der Waals surface area contributed by atoms with Crippen LogP contribution in [0.25, 0.3) is 0 Å². The van der Waals surface area contributed by atoms with Crippen LogP contribution in [0.4, 0.5) is 0 Å². The van der Waals surface area contributed by atoms with E-state index in [2.05, 4.69) is 36.5 Å². The van der Waals surface area contributed by atoms with Crippen LogP contribution in [0.1, 0.15) is 31.4 Å². The molecule has 0 aliphatic heterocycles. The molecule has 0 spiro atoms. The third kappa shape index (κ3) is 6.64. The summed E-state index contributed by atoms with van der Waals surface area (Å²) in [5.41, 5.74) is 2.57. The van der Waals surface area contributed by atoms with Crippen molar-refractivity contribution in [1.29, 1.82) is 0 Å². The molecule has 1 atom stereocenters. The molecule has 0 aromatic heterocycles. The highest BCUT2D eigenvalue weighted by molar-refractivity contribution is 7.98. The maximum Gasteiger partial charge on any atom is 0.320 e. The first-order chi connectivity index (χ1) is 8.99. The molecule has 1 unspecified atom stereocenters. The second kappa shape index (κ2) is 8.23. The molecule has 4 heteroatoms. The fourth-order valence-corrected chi connectivity index (χ4v) is 2.84. The van der Waals surface area contributed by atoms with E-state index < -0.39 is 12.0 Å². The van der Waals surface area contributed by atoms with Gasteiger partial charge in [0.2, 0.25) is 0 Å². The minimum absolute atomic E-state index is 0.197. The Bertz CT molecular complexity index is 407. The topological polar surface area (TPSA) is 49.3 Å². The van der Waals surface area contributed by atoms with Crippen molar-refractivity contribution in [3.05, 3.63) is 35.4 Å². The summed E-state index contributed by atoms with van der Waals surface area (Å²) >= 11 is 1.78. The molecular weight excluding hydrogens is 258 g/mol. The molecule has 0 saturated heterocycles. The first-order valence-corrected chi connectivity index (χ1v) is 7.76. The van der Waals surface area contributed by atoms with Gasteiger partial charge >= 0.3 is 5.97 Å². The number of benzene rings is 1. The average molecular weight is 281 g/mol. The highest BCUT2D eigenvalue weighted by Crippen LogP contribution is 2.15. The third-order valence-electron chi connectivity index (χ3n) is 2.73. The number of nitrogens with one attached hydrogen (secondary N) is 1. The van der Waals surface area contributed by atoms with Gasteiger partial charge in [0.25, 0.3) is 0 Å². The van der Waals surface area contributed by atoms with Crippen LogP contribution in [0.15, 0.2) is 24.3 Å². The van der Waals surface area contributed by atoms with Gasteiger partial charge < -0.3 is 10.4 Å². The molecule has 0 bridgehead atoms. The molecule has 106 valence electrons. The second-order valence-electron chi connectivity index (χ2n) is 5.04. The number of carboxylic acids is 1. The van der Waals surface area contributed by atoms with Gasteiger partial charge in [-0.3, -0.25) is 4.79 Å². The predicted octanol–water partition coefficient (Wildman–Crippen LogP) is 3.07. The van der Waals surface area contributed by atoms with E-state index in [9.17, 15) is 4.79 Å². The fraction of sp³-hybridized carbons (Fsp3) is 0.533. The van der Waals surface area contributed by atoms with Crippen molar-refractivity contribution in [3.63, 3.8) is 0 Å². The molecule has 19 heavy (non-hydrogen) atoms. The second-order valence-corrected chi connectivity index (χ2v) is 6.15. The first kappa shape index (κ1) is 16.1. The van der Waals surface area contributed by atoms with Crippen molar-refractivity contribution in [3.8, 4) is 0 Å². The zero-order chi connectivity index (χ0) is 14.3. The number of hydrogen-bond acceptors (Lipinski definition) is 3. The van der Waals surface area contributed by atoms with E-state index in [1.165, 1.54) is 11.1 Å². The van der Waals surface area contributed by atoms with Gasteiger partial charge in [-0.25, -0.2) is 0 Å². The highest BCUT2D eigenvalue weighted by atomic mass is 32.2. The van der Waals surface area contributed by atoms with Gasteiger partial charge in [-0.2, -0.15) is 11.8 Å². The van der Waals surface area contributed by atoms with Gasteiger partial charge in [-0.15, -0.1) is 0 Å². The molecule has 2 N–H and O–H groups in total. The summed E-state index contributed by atoms with van der Waals surface area (Å²) in [5, 5.41) is 12.2. The number of aliphatic carboxylic acids is 1. The van der Waals surface area contributed by atoms with E-state index in [1.807, 2.05) is 13.8 Å². The Morgan fingerprint density at radius 2 is 2.16 bits per heavy atom. The molecule has 1 aromatic rings. The SMILES string of the molecule is Cc1cccc(CSCCC(NC(C)C)C(=O)O)c1. The Morgan fingerprint density at radius 1 is 1.42 bits per heavy atom. The number of aryl methyl sites for hydroxylation is 1. The molecular formula is C15H23NO2S. The average Bonchev–Trinajstić information content (AvgIpc) is 2.32. The normalized spacial score (nSPS) is 12.6. The lowest BCUT2D eigenvalue weighted by molar-refractivity contribution is -0.139. The largest absolute Gasteiger partial charge is 0.480 e. The number of hydrogen-bond donors (Lipinski definition) is 2. The minimum Gasteiger partial charge on any atom is -0.480 e. The van der Waals surface area contributed by atoms with E-state index in [0.29, 0.717) is 6.42 Å². The summed E-state index contributed by atoms with van der Waals surface area (Å²) in [6.07, 6.45) is 0.657. The molecule has 0 saturated carbocycles. The van der Waals surface area contributed by atoms with E-state index in [-0.39, 0.29) is 6.04 Å². The van der Waals surface area contributed by atoms with E-state index in [4.69, 9.17) is 5.11 Å². The van der Waals surface area contributed by atoms with Crippen molar-refractivity contribution >= 4 is 17.7 Å². The molecule has 1 aromatic carbocycles. The van der Waals surface area contributed by atoms with Crippen LogP contribution < -0.4 is 5.32 Å². The maximum absolute atomic E-state index is 11.1. The Labute approximate surface area is 119 Å². The summed E-state index contributed by atoms with van der Waals surface area (Å²) in [6, 6.07) is 8.19. The monoisotopic (exact) mass is 281 g/mol. The van der Waals surface area contributed by atoms with E-state index in [1.54, 1.807) is 11.8 Å². The van der Waals surface area contributed by atoms with Crippen LogP contribution in [-0.2, 0) is 10.5 Å². The molecule has 0 radical (unpaired) electrons. The lowest BCUT2D eigenvalue weighted by Crippen LogP contribution is -2.41. The summed E-state index contributed by atoms with van der Waals surface area (Å²) in [6.45, 7) is 6.02. The quantitative estimate of drug-likeness (QED) is 0.719. The number of thioether (sulfide) groups is 1. The zero-order valence-corrected chi connectivity index (χ0v) is 12.7. The van der Waals surface area contributed by atoms with Gasteiger partial charge in [0.1, 0.15) is 6.04 Å². The van der Waals surface area contributed by atoms with Crippen molar-refractivity contribution in [2.45, 2.75) is 45.0 Å². The summed E-state index contributed by atoms with van der Waals surface area (Å²) in [7, 11) is 0. The third-order valence-corrected chi connectivity index (χ3v) is 3.80. The van der Waals surface area contributed by atoms with Crippen molar-refractivity contribution < 1.29 is 9.90 Å². The van der Waals surface area contributed by atoms with Crippen molar-refractivity contribution in [2.24, 2.45) is 0 Å². The standard InChI is InChI=1S/C15H23NO2S/c1-11(2)16-14(15(17)18)7-8-19-10-13-6-4-5-12(3)9-13/h4-6,9,11,14,16H,7-8,10H2,1-3H3,(H,17,18). The Balaban J connectivity index is 2.30. The van der Waals surface area contributed by atoms with Gasteiger partial charge in [0.15, 0.2) is 0 Å². The zero-order valence-electron chi connectivity index (χ0n) is 11.8. The van der Waals surface area contributed by atoms with E-state index in [0.717, 1.165) is 11.5 Å². The molecule has 0 aliphatic rings. The minimum atomic E-state index is -0.759. The van der Waals surface area contributed by atoms with Crippen LogP contribution in [0.2, 0.25) is 0 Å². The van der Waals surface area contributed by atoms with Crippen molar-refractivity contribution in [2.75, 3.05) is 5.75 Å². The predicted molar refractivity (Wildman–Crippen MR) is 81.7 cm³/mol. The molecule has 0 heterocycles. The van der Waals surface area contributed by atoms with Gasteiger partial charge in [0.05, 0.1) is 0 Å². The van der Waals surface area contributed by atoms with Gasteiger partial charge in [-0.05, 0) is 24.7 Å². The molecule has 1 rings (SSSR count). The maximum atomic E-state index is 11.1. The van der Waals surface area contributed by atoms with Gasteiger partial charge in [-0.1, -0.05) is 43.7 Å². The smallest absolute Gasteiger partial charge is 0.320 e. The number of carbonyl (C=O) groups is 1. The number of carboxylic acid groups (broad SMARTS) is 1. The van der Waals surface area contributed by atoms with Crippen LogP contribution in [0, 0.1) is 6.92 Å². The van der Waals surface area contributed by atoms with Crippen LogP contribution in [0.5, 0.6) is 0 Å². The lowest BCUT2D eigenvalue weighted by atomic mass is 10.2. The van der Waals surface area contributed by atoms with Crippen LogP contribution >= 0.6 is 11.8 Å². The Kier molecular flexibility index (Phi) is 6.95. The molecule has 0 amide bonds. The molecule has 0 fully saturated rings. The van der Waals surface area contributed by atoms with Gasteiger partial charge in [0, 0.05) is 11.8 Å². The first-order valence-electron chi connectivity index (χ1n) is 6.61. The Morgan fingerprint density at radius 3 is 2.74 bits per heavy atom. The van der Waals surface area contributed by atoms with Crippen molar-refractivity contribution in [1.82, 2.24) is 5.32 Å². The fourth-order valence-electron chi connectivity index (χ4n) is 1.87. The van der Waals surface area contributed by atoms with E-state index >= 15 is 0 Å². The summed E-state index contributed by atoms with van der Waals surface area (Å²) in [5.74, 6) is 1.03. The summed E-state index contributed by atoms with van der Waals surface area (Å²) in [4.78, 5) is 11.1. The Hall–Kier alpha value is -1.00. The van der Waals surface area contributed by atoms with Crippen LogP contribution in [0.3, 0.4) is 0 Å². The molecule has 0 aliphatic carbocycles. The number of rotatable bonds is 8. The molecule has 3 nitrogen and oxygen atoms in total. The summed E-state index contributed by atoms with van der Waals surface area (Å²) < 4.78 is 0. The highest BCUT2D eigenvalue weighted by Gasteiger charge is 2.17.